The van der Waals surface area contributed by atoms with E-state index < -0.39 is 6.61 Å². The van der Waals surface area contributed by atoms with Gasteiger partial charge in [-0.3, -0.25) is 0 Å². The Hall–Kier alpha value is -1.89. The molecule has 21 heavy (non-hydrogen) atoms. The Balaban J connectivity index is 1.90. The van der Waals surface area contributed by atoms with Gasteiger partial charge in [0.15, 0.2) is 0 Å². The third-order valence-electron chi connectivity index (χ3n) is 3.47. The van der Waals surface area contributed by atoms with Crippen molar-refractivity contribution in [1.29, 1.82) is 0 Å². The number of nitrogens with one attached hydrogen (secondary N) is 1. The number of urea groups is 1. The number of rotatable bonds is 4. The highest BCUT2D eigenvalue weighted by atomic mass is 19.3. The molecular weight excluding hydrogens is 282 g/mol. The highest BCUT2D eigenvalue weighted by Gasteiger charge is 2.22. The quantitative estimate of drug-likeness (QED) is 0.898. The number of halogens is 2. The molecule has 0 spiro atoms. The number of anilines is 1. The number of piperidine rings is 1. The van der Waals surface area contributed by atoms with Crippen molar-refractivity contribution >= 4 is 11.7 Å². The fourth-order valence-corrected chi connectivity index (χ4v) is 2.27. The van der Waals surface area contributed by atoms with Crippen LogP contribution in [-0.4, -0.2) is 42.3 Å². The number of hydrogen-bond donors (Lipinski definition) is 2. The Morgan fingerprint density at radius 2 is 2.14 bits per heavy atom. The maximum atomic E-state index is 12.1. The van der Waals surface area contributed by atoms with E-state index >= 15 is 0 Å². The summed E-state index contributed by atoms with van der Waals surface area (Å²) in [4.78, 5) is 13.7. The molecule has 0 atom stereocenters. The van der Waals surface area contributed by atoms with Crippen LogP contribution < -0.4 is 10.1 Å². The number of aliphatic hydroxyl groups excluding tert-OH is 1. The molecule has 0 unspecified atom stereocenters. The molecule has 1 aliphatic heterocycles. The van der Waals surface area contributed by atoms with Gasteiger partial charge in [0.25, 0.3) is 0 Å². The lowest BCUT2D eigenvalue weighted by atomic mass is 9.98. The zero-order chi connectivity index (χ0) is 15.2. The minimum Gasteiger partial charge on any atom is -0.435 e. The smallest absolute Gasteiger partial charge is 0.387 e. The van der Waals surface area contributed by atoms with Crippen LogP contribution in [0.4, 0.5) is 19.3 Å². The van der Waals surface area contributed by atoms with E-state index in [1.54, 1.807) is 11.0 Å². The molecule has 1 heterocycles. The Labute approximate surface area is 121 Å². The molecule has 2 amide bonds. The van der Waals surface area contributed by atoms with Crippen LogP contribution in [0.3, 0.4) is 0 Å². The summed E-state index contributed by atoms with van der Waals surface area (Å²) < 4.78 is 28.6. The van der Waals surface area contributed by atoms with Gasteiger partial charge in [0.2, 0.25) is 0 Å². The first-order valence-electron chi connectivity index (χ1n) is 6.80. The van der Waals surface area contributed by atoms with Gasteiger partial charge >= 0.3 is 12.6 Å². The van der Waals surface area contributed by atoms with E-state index in [0.717, 1.165) is 12.8 Å². The molecule has 1 aromatic rings. The molecule has 0 aromatic heterocycles. The van der Waals surface area contributed by atoms with E-state index in [-0.39, 0.29) is 24.3 Å². The van der Waals surface area contributed by atoms with Crippen molar-refractivity contribution in [3.63, 3.8) is 0 Å². The third kappa shape index (κ3) is 4.56. The first kappa shape index (κ1) is 15.5. The van der Waals surface area contributed by atoms with Crippen molar-refractivity contribution in [1.82, 2.24) is 4.90 Å². The molecule has 0 radical (unpaired) electrons. The summed E-state index contributed by atoms with van der Waals surface area (Å²) in [7, 11) is 0. The highest BCUT2D eigenvalue weighted by Crippen LogP contribution is 2.21. The number of carbonyl (C=O) groups excluding carboxylic acids is 1. The number of alkyl halides is 2. The van der Waals surface area contributed by atoms with Crippen molar-refractivity contribution in [3.8, 4) is 5.75 Å². The van der Waals surface area contributed by atoms with E-state index in [9.17, 15) is 13.6 Å². The van der Waals surface area contributed by atoms with Gasteiger partial charge in [-0.25, -0.2) is 4.79 Å². The lowest BCUT2D eigenvalue weighted by Gasteiger charge is -2.31. The van der Waals surface area contributed by atoms with Crippen LogP contribution in [0, 0.1) is 5.92 Å². The fourth-order valence-electron chi connectivity index (χ4n) is 2.27. The topological polar surface area (TPSA) is 61.8 Å². The van der Waals surface area contributed by atoms with Gasteiger partial charge < -0.3 is 20.1 Å². The number of ether oxygens (including phenoxy) is 1. The summed E-state index contributed by atoms with van der Waals surface area (Å²) in [5, 5.41) is 11.7. The summed E-state index contributed by atoms with van der Waals surface area (Å²) in [5.41, 5.74) is 0.405. The Morgan fingerprint density at radius 3 is 2.76 bits per heavy atom. The summed E-state index contributed by atoms with van der Waals surface area (Å²) in [6.07, 6.45) is 1.52. The summed E-state index contributed by atoms with van der Waals surface area (Å²) in [6, 6.07) is 5.61. The second kappa shape index (κ2) is 7.21. The van der Waals surface area contributed by atoms with Crippen LogP contribution in [0.2, 0.25) is 0 Å². The lowest BCUT2D eigenvalue weighted by molar-refractivity contribution is -0.0497. The molecule has 0 aliphatic carbocycles. The van der Waals surface area contributed by atoms with Crippen LogP contribution in [0.1, 0.15) is 12.8 Å². The van der Waals surface area contributed by atoms with Crippen LogP contribution in [0.15, 0.2) is 24.3 Å². The minimum absolute atomic E-state index is 0.00166. The molecule has 0 bridgehead atoms. The van der Waals surface area contributed by atoms with Crippen molar-refractivity contribution in [3.05, 3.63) is 24.3 Å². The van der Waals surface area contributed by atoms with Crippen LogP contribution in [-0.2, 0) is 0 Å². The summed E-state index contributed by atoms with van der Waals surface area (Å²) in [5.74, 6) is 0.249. The Bertz CT molecular complexity index is 477. The standard InChI is InChI=1S/C14H18F2N2O3/c15-13(16)21-12-3-1-2-11(8-12)17-14(20)18-6-4-10(9-19)5-7-18/h1-3,8,10,13,19H,4-7,9H2,(H,17,20). The largest absolute Gasteiger partial charge is 0.435 e. The number of nitrogens with zero attached hydrogens (tertiary/aromatic N) is 1. The monoisotopic (exact) mass is 300 g/mol. The van der Waals surface area contributed by atoms with E-state index in [4.69, 9.17) is 5.11 Å². The maximum absolute atomic E-state index is 12.1. The third-order valence-corrected chi connectivity index (χ3v) is 3.47. The normalized spacial score (nSPS) is 16.1. The number of amides is 2. The van der Waals surface area contributed by atoms with Crippen molar-refractivity contribution in [2.24, 2.45) is 5.92 Å². The van der Waals surface area contributed by atoms with Crippen LogP contribution in [0.5, 0.6) is 5.75 Å². The van der Waals surface area contributed by atoms with Gasteiger partial charge in [0.05, 0.1) is 0 Å². The highest BCUT2D eigenvalue weighted by molar-refractivity contribution is 5.89. The zero-order valence-corrected chi connectivity index (χ0v) is 11.5. The molecule has 2 rings (SSSR count). The molecule has 1 aromatic carbocycles. The SMILES string of the molecule is O=C(Nc1cccc(OC(F)F)c1)N1CCC(CO)CC1. The second-order valence-corrected chi connectivity index (χ2v) is 4.95. The Morgan fingerprint density at radius 1 is 1.43 bits per heavy atom. The van der Waals surface area contributed by atoms with Crippen molar-refractivity contribution < 1.29 is 23.4 Å². The average molecular weight is 300 g/mol. The van der Waals surface area contributed by atoms with Crippen molar-refractivity contribution in [2.75, 3.05) is 25.0 Å². The number of likely N-dealkylation sites (tertiary alicyclic amines) is 1. The molecule has 1 saturated heterocycles. The molecule has 1 aliphatic rings. The van der Waals surface area contributed by atoms with Gasteiger partial charge in [-0.15, -0.1) is 0 Å². The summed E-state index contributed by atoms with van der Waals surface area (Å²) >= 11 is 0. The van der Waals surface area contributed by atoms with E-state index in [1.165, 1.54) is 18.2 Å². The zero-order valence-electron chi connectivity index (χ0n) is 11.5. The minimum atomic E-state index is -2.89. The number of hydrogen-bond acceptors (Lipinski definition) is 3. The van der Waals surface area contributed by atoms with Crippen LogP contribution >= 0.6 is 0 Å². The van der Waals surface area contributed by atoms with E-state index in [0.29, 0.717) is 18.8 Å². The Kier molecular flexibility index (Phi) is 5.32. The maximum Gasteiger partial charge on any atom is 0.387 e. The van der Waals surface area contributed by atoms with Gasteiger partial charge in [-0.1, -0.05) is 6.07 Å². The van der Waals surface area contributed by atoms with Gasteiger partial charge in [0, 0.05) is 31.5 Å². The molecular formula is C14H18F2N2O3. The van der Waals surface area contributed by atoms with E-state index in [1.807, 2.05) is 0 Å². The number of carbonyl (C=O) groups is 1. The molecule has 1 fully saturated rings. The van der Waals surface area contributed by atoms with Gasteiger partial charge in [-0.05, 0) is 30.9 Å². The molecule has 5 nitrogen and oxygen atoms in total. The predicted molar refractivity (Wildman–Crippen MR) is 73.5 cm³/mol. The fraction of sp³-hybridized carbons (Fsp3) is 0.500. The number of benzene rings is 1. The first-order chi connectivity index (χ1) is 10.1. The van der Waals surface area contributed by atoms with Crippen LogP contribution in [0.25, 0.3) is 0 Å². The summed E-state index contributed by atoms with van der Waals surface area (Å²) in [6.45, 7) is -1.61. The first-order valence-corrected chi connectivity index (χ1v) is 6.80. The lowest BCUT2D eigenvalue weighted by Crippen LogP contribution is -2.41. The molecule has 2 N–H and O–H groups in total. The predicted octanol–water partition coefficient (Wildman–Crippen LogP) is 2.52. The average Bonchev–Trinajstić information content (AvgIpc) is 2.47. The molecule has 116 valence electrons. The molecule has 7 heteroatoms. The van der Waals surface area contributed by atoms with Crippen molar-refractivity contribution in [2.45, 2.75) is 19.5 Å². The van der Waals surface area contributed by atoms with E-state index in [2.05, 4.69) is 10.1 Å². The van der Waals surface area contributed by atoms with Gasteiger partial charge in [-0.2, -0.15) is 8.78 Å². The molecule has 0 saturated carbocycles. The van der Waals surface area contributed by atoms with Gasteiger partial charge in [0.1, 0.15) is 5.75 Å². The number of aliphatic hydroxyl groups is 1. The second-order valence-electron chi connectivity index (χ2n) is 4.95.